The number of aryl methyl sites for hydroxylation is 1. The van der Waals surface area contributed by atoms with Gasteiger partial charge < -0.3 is 5.73 Å². The van der Waals surface area contributed by atoms with Crippen molar-refractivity contribution < 1.29 is 4.39 Å². The molecule has 1 aromatic rings. The van der Waals surface area contributed by atoms with Gasteiger partial charge in [0, 0.05) is 6.20 Å². The molecule has 0 aliphatic carbocycles. The monoisotopic (exact) mass is 188 g/mol. The van der Waals surface area contributed by atoms with Gasteiger partial charge in [-0.1, -0.05) is 11.6 Å². The minimum atomic E-state index is -0.466. The molecule has 0 spiro atoms. The van der Waals surface area contributed by atoms with Gasteiger partial charge in [-0.25, -0.2) is 4.39 Å². The largest absolute Gasteiger partial charge is 0.330 e. The number of nitrogens with zero attached hydrogens (tertiary/aromatic N) is 1. The lowest BCUT2D eigenvalue weighted by Crippen LogP contribution is -2.01. The molecule has 0 saturated carbocycles. The molecule has 0 unspecified atom stereocenters. The number of rotatable bonds is 3. The fourth-order valence-corrected chi connectivity index (χ4v) is 1.12. The third kappa shape index (κ3) is 2.16. The van der Waals surface area contributed by atoms with Crippen LogP contribution in [-0.2, 0) is 6.42 Å². The molecule has 0 aliphatic heterocycles. The maximum absolute atomic E-state index is 12.8. The van der Waals surface area contributed by atoms with E-state index < -0.39 is 5.82 Å². The summed E-state index contributed by atoms with van der Waals surface area (Å²) < 4.78 is 12.8. The van der Waals surface area contributed by atoms with Crippen LogP contribution in [0.4, 0.5) is 4.39 Å². The molecule has 0 bridgehead atoms. The van der Waals surface area contributed by atoms with E-state index in [-0.39, 0.29) is 5.02 Å². The lowest BCUT2D eigenvalue weighted by atomic mass is 10.1. The van der Waals surface area contributed by atoms with Gasteiger partial charge in [-0.15, -0.1) is 0 Å². The maximum atomic E-state index is 12.8. The van der Waals surface area contributed by atoms with E-state index in [9.17, 15) is 4.39 Å². The van der Waals surface area contributed by atoms with Crippen molar-refractivity contribution in [3.05, 3.63) is 28.8 Å². The third-order valence-corrected chi connectivity index (χ3v) is 1.98. The van der Waals surface area contributed by atoms with Crippen LogP contribution in [0.5, 0.6) is 0 Å². The molecule has 2 N–H and O–H groups in total. The molecule has 0 amide bonds. The predicted molar refractivity (Wildman–Crippen MR) is 46.6 cm³/mol. The Labute approximate surface area is 75.6 Å². The van der Waals surface area contributed by atoms with Gasteiger partial charge in [-0.2, -0.15) is 0 Å². The molecule has 1 aromatic heterocycles. The zero-order valence-corrected chi connectivity index (χ0v) is 7.31. The molecular weight excluding hydrogens is 179 g/mol. The van der Waals surface area contributed by atoms with E-state index in [0.29, 0.717) is 13.0 Å². The summed E-state index contributed by atoms with van der Waals surface area (Å²) in [6, 6.07) is 0. The van der Waals surface area contributed by atoms with Crippen LogP contribution in [-0.4, -0.2) is 11.5 Å². The predicted octanol–water partition coefficient (Wildman–Crippen LogP) is 1.77. The molecule has 0 atom stereocenters. The van der Waals surface area contributed by atoms with Crippen LogP contribution < -0.4 is 5.73 Å². The second kappa shape index (κ2) is 4.38. The zero-order valence-electron chi connectivity index (χ0n) is 6.56. The van der Waals surface area contributed by atoms with Crippen LogP contribution in [0.1, 0.15) is 12.0 Å². The number of hydrogen-bond acceptors (Lipinski definition) is 2. The van der Waals surface area contributed by atoms with Crippen molar-refractivity contribution in [3.63, 3.8) is 0 Å². The Morgan fingerprint density at radius 1 is 1.50 bits per heavy atom. The molecule has 4 heteroatoms. The van der Waals surface area contributed by atoms with E-state index in [0.717, 1.165) is 18.2 Å². The summed E-state index contributed by atoms with van der Waals surface area (Å²) in [7, 11) is 0. The van der Waals surface area contributed by atoms with E-state index in [1.165, 1.54) is 0 Å². The Balaban J connectivity index is 2.78. The molecule has 0 fully saturated rings. The van der Waals surface area contributed by atoms with Gasteiger partial charge in [0.25, 0.3) is 0 Å². The number of pyridine rings is 1. The first-order valence-corrected chi connectivity index (χ1v) is 4.11. The van der Waals surface area contributed by atoms with Crippen LogP contribution in [0.3, 0.4) is 0 Å². The van der Waals surface area contributed by atoms with Crippen molar-refractivity contribution in [2.45, 2.75) is 12.8 Å². The molecule has 0 saturated heterocycles. The number of nitrogens with two attached hydrogens (primary N) is 1. The van der Waals surface area contributed by atoms with Crippen LogP contribution in [0.15, 0.2) is 12.4 Å². The van der Waals surface area contributed by atoms with Gasteiger partial charge in [-0.3, -0.25) is 4.98 Å². The van der Waals surface area contributed by atoms with Gasteiger partial charge in [0.2, 0.25) is 0 Å². The molecule has 66 valence electrons. The number of hydrogen-bond donors (Lipinski definition) is 1. The minimum Gasteiger partial charge on any atom is -0.330 e. The van der Waals surface area contributed by atoms with E-state index in [1.807, 2.05) is 0 Å². The average molecular weight is 189 g/mol. The van der Waals surface area contributed by atoms with Crippen LogP contribution in [0, 0.1) is 5.82 Å². The van der Waals surface area contributed by atoms with Gasteiger partial charge >= 0.3 is 0 Å². The molecule has 2 nitrogen and oxygen atoms in total. The Bertz CT molecular complexity index is 265. The smallest absolute Gasteiger partial charge is 0.160 e. The number of aromatic nitrogens is 1. The zero-order chi connectivity index (χ0) is 8.97. The lowest BCUT2D eigenvalue weighted by Gasteiger charge is -2.01. The summed E-state index contributed by atoms with van der Waals surface area (Å²) in [5, 5.41) is 0.165. The van der Waals surface area contributed by atoms with Gasteiger partial charge in [0.15, 0.2) is 5.82 Å². The van der Waals surface area contributed by atoms with E-state index >= 15 is 0 Å². The Morgan fingerprint density at radius 2 is 2.25 bits per heavy atom. The van der Waals surface area contributed by atoms with E-state index in [2.05, 4.69) is 4.98 Å². The SMILES string of the molecule is NCCCc1cncc(F)c1Cl. The maximum Gasteiger partial charge on any atom is 0.160 e. The van der Waals surface area contributed by atoms with E-state index in [1.54, 1.807) is 6.20 Å². The summed E-state index contributed by atoms with van der Waals surface area (Å²) in [4.78, 5) is 3.70. The first-order chi connectivity index (χ1) is 5.75. The summed E-state index contributed by atoms with van der Waals surface area (Å²) in [6.07, 6.45) is 4.15. The molecule has 12 heavy (non-hydrogen) atoms. The van der Waals surface area contributed by atoms with Crippen LogP contribution in [0.2, 0.25) is 5.02 Å². The number of halogens is 2. The Hall–Kier alpha value is -0.670. The summed E-state index contributed by atoms with van der Waals surface area (Å²) in [6.45, 7) is 0.576. The fraction of sp³-hybridized carbons (Fsp3) is 0.375. The topological polar surface area (TPSA) is 38.9 Å². The Kier molecular flexibility index (Phi) is 3.44. The lowest BCUT2D eigenvalue weighted by molar-refractivity contribution is 0.618. The van der Waals surface area contributed by atoms with Crippen molar-refractivity contribution in [3.8, 4) is 0 Å². The van der Waals surface area contributed by atoms with Crippen molar-refractivity contribution in [2.24, 2.45) is 5.73 Å². The Morgan fingerprint density at radius 3 is 2.92 bits per heavy atom. The van der Waals surface area contributed by atoms with Crippen molar-refractivity contribution >= 4 is 11.6 Å². The summed E-state index contributed by atoms with van der Waals surface area (Å²) in [5.74, 6) is -0.466. The van der Waals surface area contributed by atoms with Crippen LogP contribution >= 0.6 is 11.6 Å². The first kappa shape index (κ1) is 9.42. The highest BCUT2D eigenvalue weighted by molar-refractivity contribution is 6.31. The third-order valence-electron chi connectivity index (χ3n) is 1.56. The van der Waals surface area contributed by atoms with Gasteiger partial charge in [0.1, 0.15) is 0 Å². The van der Waals surface area contributed by atoms with Crippen LogP contribution in [0.25, 0.3) is 0 Å². The van der Waals surface area contributed by atoms with E-state index in [4.69, 9.17) is 17.3 Å². The van der Waals surface area contributed by atoms with Gasteiger partial charge in [-0.05, 0) is 24.9 Å². The molecule has 1 heterocycles. The molecule has 0 aromatic carbocycles. The molecular formula is C8H10ClFN2. The summed E-state index contributed by atoms with van der Waals surface area (Å²) in [5.41, 5.74) is 6.03. The summed E-state index contributed by atoms with van der Waals surface area (Å²) >= 11 is 5.67. The highest BCUT2D eigenvalue weighted by atomic mass is 35.5. The normalized spacial score (nSPS) is 10.2. The molecule has 0 aliphatic rings. The molecule has 1 rings (SSSR count). The van der Waals surface area contributed by atoms with Crippen molar-refractivity contribution in [2.75, 3.05) is 6.54 Å². The average Bonchev–Trinajstić information content (AvgIpc) is 2.08. The fourth-order valence-electron chi connectivity index (χ4n) is 0.926. The quantitative estimate of drug-likeness (QED) is 0.785. The minimum absolute atomic E-state index is 0.165. The van der Waals surface area contributed by atoms with Crippen molar-refractivity contribution in [1.29, 1.82) is 0 Å². The van der Waals surface area contributed by atoms with Gasteiger partial charge in [0.05, 0.1) is 11.2 Å². The highest BCUT2D eigenvalue weighted by Crippen LogP contribution is 2.19. The highest BCUT2D eigenvalue weighted by Gasteiger charge is 2.04. The first-order valence-electron chi connectivity index (χ1n) is 3.73. The second-order valence-electron chi connectivity index (χ2n) is 2.49. The standard InChI is InChI=1S/C8H10ClFN2/c9-8-6(2-1-3-11)4-12-5-7(8)10/h4-5H,1-3,11H2. The molecule has 0 radical (unpaired) electrons. The van der Waals surface area contributed by atoms with Crippen molar-refractivity contribution in [1.82, 2.24) is 4.98 Å². The second-order valence-corrected chi connectivity index (χ2v) is 2.86.